The number of rotatable bonds is 3. The second-order valence-corrected chi connectivity index (χ2v) is 3.52. The van der Waals surface area contributed by atoms with Crippen molar-refractivity contribution in [1.29, 1.82) is 0 Å². The lowest BCUT2D eigenvalue weighted by atomic mass is 10.2. The predicted octanol–water partition coefficient (Wildman–Crippen LogP) is 2.67. The van der Waals surface area contributed by atoms with Crippen molar-refractivity contribution >= 4 is 0 Å². The molecule has 2 rings (SSSR count). The molecule has 0 unspecified atom stereocenters. The van der Waals surface area contributed by atoms with Gasteiger partial charge in [-0.2, -0.15) is 0 Å². The van der Waals surface area contributed by atoms with Gasteiger partial charge in [-0.05, 0) is 30.2 Å². The van der Waals surface area contributed by atoms with Crippen molar-refractivity contribution in [2.45, 2.75) is 13.5 Å². The zero-order chi connectivity index (χ0) is 11.4. The number of hydrogen-bond acceptors (Lipinski definition) is 3. The van der Waals surface area contributed by atoms with E-state index in [4.69, 9.17) is 9.84 Å². The number of nitrogens with zero attached hydrogens (tertiary/aromatic N) is 1. The van der Waals surface area contributed by atoms with E-state index in [0.29, 0.717) is 5.88 Å². The van der Waals surface area contributed by atoms with E-state index in [9.17, 15) is 0 Å². The molecule has 1 N–H and O–H groups in total. The van der Waals surface area contributed by atoms with Crippen molar-refractivity contribution in [2.75, 3.05) is 0 Å². The summed E-state index contributed by atoms with van der Waals surface area (Å²) in [5.41, 5.74) is 1.80. The summed E-state index contributed by atoms with van der Waals surface area (Å²) < 4.78 is 5.57. The number of benzene rings is 1. The highest BCUT2D eigenvalue weighted by Crippen LogP contribution is 2.20. The van der Waals surface area contributed by atoms with Gasteiger partial charge in [-0.15, -0.1) is 0 Å². The summed E-state index contributed by atoms with van der Waals surface area (Å²) in [4.78, 5) is 4.12. The monoisotopic (exact) mass is 215 g/mol. The summed E-state index contributed by atoms with van der Waals surface area (Å²) in [5.74, 6) is 1.30. The molecule has 82 valence electrons. The maximum Gasteiger partial charge on any atom is 0.219 e. The summed E-state index contributed by atoms with van der Waals surface area (Å²) in [6.07, 6.45) is 1.63. The second kappa shape index (κ2) is 4.77. The first-order chi connectivity index (χ1) is 7.79. The molecule has 0 amide bonds. The third-order valence-electron chi connectivity index (χ3n) is 2.33. The van der Waals surface area contributed by atoms with E-state index in [1.54, 1.807) is 6.20 Å². The molecule has 0 aliphatic rings. The van der Waals surface area contributed by atoms with Crippen molar-refractivity contribution in [3.05, 3.63) is 53.7 Å². The first kappa shape index (κ1) is 10.6. The van der Waals surface area contributed by atoms with Gasteiger partial charge in [0.25, 0.3) is 0 Å². The summed E-state index contributed by atoms with van der Waals surface area (Å²) >= 11 is 0. The molecule has 0 radical (unpaired) electrons. The van der Waals surface area contributed by atoms with Crippen LogP contribution in [-0.4, -0.2) is 10.1 Å². The van der Waals surface area contributed by atoms with Gasteiger partial charge < -0.3 is 9.84 Å². The normalized spacial score (nSPS) is 10.1. The Kier molecular flexibility index (Phi) is 3.17. The highest BCUT2D eigenvalue weighted by molar-refractivity contribution is 5.31. The molecule has 0 saturated heterocycles. The van der Waals surface area contributed by atoms with E-state index in [1.807, 2.05) is 43.3 Å². The van der Waals surface area contributed by atoms with Crippen LogP contribution >= 0.6 is 0 Å². The molecule has 0 fully saturated rings. The molecular weight excluding hydrogens is 202 g/mol. The Morgan fingerprint density at radius 3 is 2.62 bits per heavy atom. The maximum atomic E-state index is 9.02. The molecule has 0 saturated carbocycles. The van der Waals surface area contributed by atoms with Gasteiger partial charge in [0.15, 0.2) is 0 Å². The van der Waals surface area contributed by atoms with Crippen molar-refractivity contribution < 1.29 is 9.84 Å². The third-order valence-corrected chi connectivity index (χ3v) is 2.33. The van der Waals surface area contributed by atoms with Crippen LogP contribution in [0.15, 0.2) is 42.6 Å². The van der Waals surface area contributed by atoms with Crippen LogP contribution in [-0.2, 0) is 6.61 Å². The number of aromatic nitrogens is 1. The van der Waals surface area contributed by atoms with Crippen LogP contribution in [0.2, 0.25) is 0 Å². The number of ether oxygens (including phenoxy) is 1. The lowest BCUT2D eigenvalue weighted by Crippen LogP contribution is -1.93. The Balaban J connectivity index is 2.20. The zero-order valence-corrected chi connectivity index (χ0v) is 9.05. The lowest BCUT2D eigenvalue weighted by molar-refractivity contribution is 0.280. The van der Waals surface area contributed by atoms with E-state index >= 15 is 0 Å². The number of aryl methyl sites for hydroxylation is 1. The molecular formula is C13H13NO2. The first-order valence-electron chi connectivity index (χ1n) is 5.09. The Morgan fingerprint density at radius 2 is 2.00 bits per heavy atom. The van der Waals surface area contributed by atoms with Gasteiger partial charge in [-0.3, -0.25) is 0 Å². The van der Waals surface area contributed by atoms with Crippen molar-refractivity contribution in [3.63, 3.8) is 0 Å². The molecule has 2 aromatic rings. The molecule has 0 aliphatic carbocycles. The van der Waals surface area contributed by atoms with Gasteiger partial charge in [0.1, 0.15) is 5.75 Å². The molecule has 1 aromatic carbocycles. The molecule has 0 spiro atoms. The molecule has 0 bridgehead atoms. The van der Waals surface area contributed by atoms with Gasteiger partial charge in [0.05, 0.1) is 6.61 Å². The van der Waals surface area contributed by atoms with Gasteiger partial charge in [-0.25, -0.2) is 4.98 Å². The summed E-state index contributed by atoms with van der Waals surface area (Å²) in [6, 6.07) is 11.3. The number of aliphatic hydroxyl groups is 1. The Labute approximate surface area is 94.3 Å². The topological polar surface area (TPSA) is 42.4 Å². The molecule has 0 atom stereocenters. The summed E-state index contributed by atoms with van der Waals surface area (Å²) in [5, 5.41) is 9.02. The molecule has 3 heteroatoms. The van der Waals surface area contributed by atoms with Gasteiger partial charge >= 0.3 is 0 Å². The quantitative estimate of drug-likeness (QED) is 0.855. The average molecular weight is 215 g/mol. The molecule has 1 aromatic heterocycles. The smallest absolute Gasteiger partial charge is 0.219 e. The Hall–Kier alpha value is -1.87. The van der Waals surface area contributed by atoms with E-state index in [0.717, 1.165) is 16.9 Å². The third kappa shape index (κ3) is 2.38. The summed E-state index contributed by atoms with van der Waals surface area (Å²) in [7, 11) is 0. The van der Waals surface area contributed by atoms with Gasteiger partial charge in [-0.1, -0.05) is 18.2 Å². The Bertz CT molecular complexity index is 469. The average Bonchev–Trinajstić information content (AvgIpc) is 2.31. The van der Waals surface area contributed by atoms with Gasteiger partial charge in [0, 0.05) is 12.3 Å². The van der Waals surface area contributed by atoms with Crippen LogP contribution in [0.1, 0.15) is 11.1 Å². The zero-order valence-electron chi connectivity index (χ0n) is 9.05. The lowest BCUT2D eigenvalue weighted by Gasteiger charge is -2.07. The van der Waals surface area contributed by atoms with Crippen LogP contribution in [0.4, 0.5) is 0 Å². The molecule has 3 nitrogen and oxygen atoms in total. The second-order valence-electron chi connectivity index (χ2n) is 3.52. The van der Waals surface area contributed by atoms with E-state index in [1.165, 1.54) is 0 Å². The van der Waals surface area contributed by atoms with Crippen LogP contribution in [0.25, 0.3) is 0 Å². The predicted molar refractivity (Wildman–Crippen MR) is 61.4 cm³/mol. The molecule has 0 aliphatic heterocycles. The van der Waals surface area contributed by atoms with E-state index in [-0.39, 0.29) is 6.61 Å². The minimum absolute atomic E-state index is 0.00441. The highest BCUT2D eigenvalue weighted by atomic mass is 16.5. The van der Waals surface area contributed by atoms with Crippen LogP contribution in [0, 0.1) is 6.92 Å². The highest BCUT2D eigenvalue weighted by Gasteiger charge is 2.02. The largest absolute Gasteiger partial charge is 0.439 e. The standard InChI is InChI=1S/C13H13NO2/c1-10-7-13(14-8-11(10)9-15)16-12-5-3-2-4-6-12/h2-8,15H,9H2,1H3. The van der Waals surface area contributed by atoms with Crippen molar-refractivity contribution in [1.82, 2.24) is 4.98 Å². The van der Waals surface area contributed by atoms with Crippen molar-refractivity contribution in [3.8, 4) is 11.6 Å². The summed E-state index contributed by atoms with van der Waals surface area (Å²) in [6.45, 7) is 1.93. The van der Waals surface area contributed by atoms with Crippen LogP contribution < -0.4 is 4.74 Å². The number of pyridine rings is 1. The fourth-order valence-electron chi connectivity index (χ4n) is 1.39. The van der Waals surface area contributed by atoms with Crippen molar-refractivity contribution in [2.24, 2.45) is 0 Å². The fraction of sp³-hybridized carbons (Fsp3) is 0.154. The molecule has 1 heterocycles. The Morgan fingerprint density at radius 1 is 1.25 bits per heavy atom. The maximum absolute atomic E-state index is 9.02. The number of aliphatic hydroxyl groups excluding tert-OH is 1. The minimum atomic E-state index is 0.00441. The van der Waals surface area contributed by atoms with Crippen LogP contribution in [0.3, 0.4) is 0 Å². The fourth-order valence-corrected chi connectivity index (χ4v) is 1.39. The van der Waals surface area contributed by atoms with Crippen LogP contribution in [0.5, 0.6) is 11.6 Å². The SMILES string of the molecule is Cc1cc(Oc2ccccc2)ncc1CO. The van der Waals surface area contributed by atoms with Gasteiger partial charge in [0.2, 0.25) is 5.88 Å². The number of hydrogen-bond donors (Lipinski definition) is 1. The van der Waals surface area contributed by atoms with E-state index in [2.05, 4.69) is 4.98 Å². The van der Waals surface area contributed by atoms with E-state index < -0.39 is 0 Å². The first-order valence-corrected chi connectivity index (χ1v) is 5.09. The number of para-hydroxylation sites is 1. The molecule has 16 heavy (non-hydrogen) atoms. The minimum Gasteiger partial charge on any atom is -0.439 e.